The van der Waals surface area contributed by atoms with E-state index in [1.807, 2.05) is 0 Å². The highest BCUT2D eigenvalue weighted by Crippen LogP contribution is 2.73. The van der Waals surface area contributed by atoms with Gasteiger partial charge in [-0.2, -0.15) is 0 Å². The van der Waals surface area contributed by atoms with Crippen LogP contribution in [-0.2, 0) is 14.3 Å². The lowest BCUT2D eigenvalue weighted by molar-refractivity contribution is -0.224. The van der Waals surface area contributed by atoms with Gasteiger partial charge in [-0.25, -0.2) is 4.79 Å². The van der Waals surface area contributed by atoms with Gasteiger partial charge in [0.15, 0.2) is 5.96 Å². The molecule has 42 heavy (non-hydrogen) atoms. The maximum Gasteiger partial charge on any atom is 0.328 e. The molecule has 0 radical (unpaired) electrons. The third kappa shape index (κ3) is 6.19. The fraction of sp³-hybridized carbons (Fsp3) is 0.909. The number of aliphatic imine (C=N–C) groups is 1. The van der Waals surface area contributed by atoms with Gasteiger partial charge in [-0.15, -0.1) is 0 Å². The quantitative estimate of drug-likeness (QED) is 0.106. The number of guanidine groups is 1. The van der Waals surface area contributed by atoms with E-state index < -0.39 is 12.0 Å². The Morgan fingerprint density at radius 2 is 1.76 bits per heavy atom. The average molecular weight is 591 g/mol. The van der Waals surface area contributed by atoms with Crippen LogP contribution in [0.4, 0.5) is 0 Å². The summed E-state index contributed by atoms with van der Waals surface area (Å²) in [5, 5.41) is 25.0. The van der Waals surface area contributed by atoms with Crippen LogP contribution < -0.4 is 16.8 Å². The monoisotopic (exact) mass is 590 g/mol. The molecular formula is C33H58N4O5. The lowest BCUT2D eigenvalue weighted by atomic mass is 9.37. The number of ether oxygens (including phenoxy) is 1. The number of rotatable bonds is 11. The smallest absolute Gasteiger partial charge is 0.328 e. The van der Waals surface area contributed by atoms with Crippen molar-refractivity contribution in [3.05, 3.63) is 0 Å². The predicted molar refractivity (Wildman–Crippen MR) is 164 cm³/mol. The normalized spacial score (nSPS) is 40.5. The first-order valence-corrected chi connectivity index (χ1v) is 16.6. The number of hydrogen-bond donors (Lipinski definition) is 5. The number of aliphatic hydroxyl groups excluding tert-OH is 2. The molecule has 4 fully saturated rings. The molecule has 9 nitrogen and oxygen atoms in total. The van der Waals surface area contributed by atoms with Gasteiger partial charge < -0.3 is 31.7 Å². The van der Waals surface area contributed by atoms with E-state index in [0.29, 0.717) is 49.5 Å². The van der Waals surface area contributed by atoms with Crippen LogP contribution in [0.3, 0.4) is 0 Å². The summed E-state index contributed by atoms with van der Waals surface area (Å²) in [5.41, 5.74) is 11.2. The number of amides is 1. The molecule has 9 heteroatoms. The van der Waals surface area contributed by atoms with Crippen molar-refractivity contribution in [3.8, 4) is 0 Å². The van der Waals surface area contributed by atoms with Crippen molar-refractivity contribution in [2.75, 3.05) is 13.2 Å². The van der Waals surface area contributed by atoms with Crippen LogP contribution in [0, 0.1) is 45.8 Å². The Kier molecular flexibility index (Phi) is 10.2. The van der Waals surface area contributed by atoms with Crippen molar-refractivity contribution in [1.82, 2.24) is 5.32 Å². The number of carbonyl (C=O) groups excluding carboxylic acids is 2. The van der Waals surface area contributed by atoms with Gasteiger partial charge in [0, 0.05) is 13.0 Å². The molecule has 240 valence electrons. The van der Waals surface area contributed by atoms with E-state index in [9.17, 15) is 19.8 Å². The Bertz CT molecular complexity index is 1000. The standard InChI is InChI=1S/C33H58N4O5/c1-6-42-29(41)25(8-7-17-36-30(34)35)37-27(40)12-9-20(2)23-10-11-24-28-26(39)19-21-18-22(38)13-14-32(21,4)33(28,5)16-15-31(23,24)3/h20-26,28,38-39H,6-19H2,1-5H3,(H,37,40)(H4,34,35,36). The number of esters is 1. The molecule has 11 unspecified atom stereocenters. The topological polar surface area (TPSA) is 160 Å². The van der Waals surface area contributed by atoms with E-state index in [0.717, 1.165) is 57.8 Å². The van der Waals surface area contributed by atoms with Crippen molar-refractivity contribution < 1.29 is 24.5 Å². The summed E-state index contributed by atoms with van der Waals surface area (Å²) < 4.78 is 5.20. The molecule has 0 aromatic carbocycles. The molecule has 0 aromatic rings. The molecule has 0 spiro atoms. The highest BCUT2D eigenvalue weighted by molar-refractivity contribution is 5.84. The Morgan fingerprint density at radius 3 is 2.45 bits per heavy atom. The third-order valence-corrected chi connectivity index (χ3v) is 12.9. The number of hydrogen-bond acceptors (Lipinski definition) is 6. The average Bonchev–Trinajstić information content (AvgIpc) is 3.27. The second-order valence-corrected chi connectivity index (χ2v) is 14.9. The van der Waals surface area contributed by atoms with Crippen molar-refractivity contribution in [1.29, 1.82) is 0 Å². The molecule has 7 N–H and O–H groups in total. The first-order chi connectivity index (χ1) is 19.8. The molecule has 4 saturated carbocycles. The molecule has 0 bridgehead atoms. The van der Waals surface area contributed by atoms with Gasteiger partial charge in [0.05, 0.1) is 18.8 Å². The molecular weight excluding hydrogens is 532 g/mol. The Balaban J connectivity index is 1.38. The van der Waals surface area contributed by atoms with Crippen LogP contribution in [0.5, 0.6) is 0 Å². The minimum Gasteiger partial charge on any atom is -0.464 e. The number of aliphatic hydroxyl groups is 2. The SMILES string of the molecule is CCOC(=O)C(CCCN=C(N)N)NC(=O)CCC(C)C1CCC2C3C(O)CC4CC(O)CCC4(C)C3(C)CCC12C. The second kappa shape index (κ2) is 13.0. The summed E-state index contributed by atoms with van der Waals surface area (Å²) in [4.78, 5) is 29.5. The van der Waals surface area contributed by atoms with Crippen LogP contribution in [0.25, 0.3) is 0 Å². The lowest BCUT2D eigenvalue weighted by Gasteiger charge is -2.68. The van der Waals surface area contributed by atoms with Crippen LogP contribution in [0.2, 0.25) is 0 Å². The predicted octanol–water partition coefficient (Wildman–Crippen LogP) is 3.88. The van der Waals surface area contributed by atoms with Crippen molar-refractivity contribution in [2.24, 2.45) is 62.3 Å². The van der Waals surface area contributed by atoms with E-state index in [1.165, 1.54) is 0 Å². The van der Waals surface area contributed by atoms with Crippen LogP contribution >= 0.6 is 0 Å². The van der Waals surface area contributed by atoms with Crippen LogP contribution in [-0.4, -0.2) is 59.5 Å². The summed E-state index contributed by atoms with van der Waals surface area (Å²) in [6, 6.07) is -0.703. The van der Waals surface area contributed by atoms with Gasteiger partial charge in [0.1, 0.15) is 6.04 Å². The maximum atomic E-state index is 13.0. The minimum atomic E-state index is -0.703. The van der Waals surface area contributed by atoms with E-state index in [-0.39, 0.29) is 52.8 Å². The van der Waals surface area contributed by atoms with Gasteiger partial charge >= 0.3 is 5.97 Å². The Hall–Kier alpha value is -1.87. The van der Waals surface area contributed by atoms with Crippen molar-refractivity contribution in [2.45, 2.75) is 130 Å². The van der Waals surface area contributed by atoms with E-state index in [1.54, 1.807) is 6.92 Å². The fourth-order valence-electron chi connectivity index (χ4n) is 10.4. The summed E-state index contributed by atoms with van der Waals surface area (Å²) in [6.07, 6.45) is 9.70. The molecule has 0 aromatic heterocycles. The number of nitrogens with one attached hydrogen (secondary N) is 1. The summed E-state index contributed by atoms with van der Waals surface area (Å²) in [6.45, 7) is 12.1. The van der Waals surface area contributed by atoms with Gasteiger partial charge in [0.2, 0.25) is 5.91 Å². The molecule has 4 aliphatic rings. The zero-order valence-corrected chi connectivity index (χ0v) is 26.7. The first kappa shape index (κ1) is 33.0. The zero-order chi connectivity index (χ0) is 30.9. The first-order valence-electron chi connectivity index (χ1n) is 16.6. The number of nitrogens with two attached hydrogens (primary N) is 2. The summed E-state index contributed by atoms with van der Waals surface area (Å²) >= 11 is 0. The molecule has 11 atom stereocenters. The number of fused-ring (bicyclic) bond motifs is 5. The molecule has 4 aliphatic carbocycles. The highest BCUT2D eigenvalue weighted by Gasteiger charge is 2.67. The van der Waals surface area contributed by atoms with Gasteiger partial charge in [0.25, 0.3) is 0 Å². The van der Waals surface area contributed by atoms with Gasteiger partial charge in [-0.1, -0.05) is 27.7 Å². The zero-order valence-electron chi connectivity index (χ0n) is 26.7. The van der Waals surface area contributed by atoms with Crippen molar-refractivity contribution >= 4 is 17.8 Å². The number of carbonyl (C=O) groups is 2. The van der Waals surface area contributed by atoms with E-state index in [2.05, 4.69) is 38.0 Å². The molecule has 0 aliphatic heterocycles. The highest BCUT2D eigenvalue weighted by atomic mass is 16.5. The van der Waals surface area contributed by atoms with Gasteiger partial charge in [-0.05, 0) is 123 Å². The molecule has 0 heterocycles. The Labute approximate surface area is 253 Å². The van der Waals surface area contributed by atoms with Crippen LogP contribution in [0.1, 0.15) is 112 Å². The lowest BCUT2D eigenvalue weighted by Crippen LogP contribution is -2.64. The number of nitrogens with zero attached hydrogens (tertiary/aromatic N) is 1. The largest absolute Gasteiger partial charge is 0.464 e. The Morgan fingerprint density at radius 1 is 1.02 bits per heavy atom. The second-order valence-electron chi connectivity index (χ2n) is 14.9. The molecule has 0 saturated heterocycles. The van der Waals surface area contributed by atoms with E-state index in [4.69, 9.17) is 16.2 Å². The minimum absolute atomic E-state index is 0.0105. The summed E-state index contributed by atoms with van der Waals surface area (Å²) in [7, 11) is 0. The van der Waals surface area contributed by atoms with E-state index >= 15 is 0 Å². The van der Waals surface area contributed by atoms with Gasteiger partial charge in [-0.3, -0.25) is 9.79 Å². The third-order valence-electron chi connectivity index (χ3n) is 12.9. The molecule has 1 amide bonds. The van der Waals surface area contributed by atoms with Crippen molar-refractivity contribution in [3.63, 3.8) is 0 Å². The maximum absolute atomic E-state index is 13.0. The summed E-state index contributed by atoms with van der Waals surface area (Å²) in [5.74, 6) is 1.50. The fourth-order valence-corrected chi connectivity index (χ4v) is 10.4. The molecule has 4 rings (SSSR count). The van der Waals surface area contributed by atoms with Crippen LogP contribution in [0.15, 0.2) is 4.99 Å².